The molecule has 0 unspecified atom stereocenters. The summed E-state index contributed by atoms with van der Waals surface area (Å²) in [6, 6.07) is 8.19. The van der Waals surface area contributed by atoms with Crippen LogP contribution in [0.4, 0.5) is 0 Å². The Morgan fingerprint density at radius 1 is 1.47 bits per heavy atom. The van der Waals surface area contributed by atoms with E-state index < -0.39 is 0 Å². The van der Waals surface area contributed by atoms with Crippen molar-refractivity contribution in [3.63, 3.8) is 0 Å². The molecule has 3 nitrogen and oxygen atoms in total. The van der Waals surface area contributed by atoms with Gasteiger partial charge in [0.1, 0.15) is 0 Å². The van der Waals surface area contributed by atoms with Gasteiger partial charge in [0.15, 0.2) is 0 Å². The highest BCUT2D eigenvalue weighted by atomic mass is 79.9. The number of piperazine rings is 1. The predicted octanol–water partition coefficient (Wildman–Crippen LogP) is 1.38. The monoisotopic (exact) mass is 268 g/mol. The second kappa shape index (κ2) is 4.77. The second-order valence-corrected chi connectivity index (χ2v) is 4.61. The summed E-state index contributed by atoms with van der Waals surface area (Å²) in [5, 5.41) is 2.82. The molecule has 1 aromatic carbocycles. The largest absolute Gasteiger partial charge is 0.354 e. The zero-order chi connectivity index (χ0) is 10.7. The molecule has 1 saturated heterocycles. The average Bonchev–Trinajstić information content (AvgIpc) is 2.17. The maximum Gasteiger partial charge on any atom is 0.234 e. The van der Waals surface area contributed by atoms with E-state index in [9.17, 15) is 4.79 Å². The number of carbonyl (C=O) groups is 1. The van der Waals surface area contributed by atoms with Gasteiger partial charge in [-0.3, -0.25) is 9.69 Å². The second-order valence-electron chi connectivity index (χ2n) is 3.69. The molecule has 1 aliphatic heterocycles. The Bertz CT molecular complexity index is 367. The lowest BCUT2D eigenvalue weighted by atomic mass is 10.2. The first kappa shape index (κ1) is 10.6. The first-order chi connectivity index (χ1) is 7.24. The minimum atomic E-state index is 0.122. The Labute approximate surface area is 97.6 Å². The first-order valence-corrected chi connectivity index (χ1v) is 5.77. The maximum atomic E-state index is 11.2. The molecule has 1 N–H and O–H groups in total. The molecule has 1 aliphatic rings. The Hall–Kier alpha value is -0.870. The van der Waals surface area contributed by atoms with Crippen LogP contribution in [0.2, 0.25) is 0 Å². The Kier molecular flexibility index (Phi) is 3.38. The number of nitrogens with one attached hydrogen (secondary N) is 1. The number of amides is 1. The number of hydrogen-bond donors (Lipinski definition) is 1. The number of carbonyl (C=O) groups excluding carboxylic acids is 1. The average molecular weight is 269 g/mol. The molecule has 0 aliphatic carbocycles. The lowest BCUT2D eigenvalue weighted by Crippen LogP contribution is -2.47. The zero-order valence-corrected chi connectivity index (χ0v) is 9.96. The van der Waals surface area contributed by atoms with Crippen molar-refractivity contribution in [1.29, 1.82) is 0 Å². The van der Waals surface area contributed by atoms with Crippen LogP contribution in [-0.4, -0.2) is 30.4 Å². The molecule has 2 rings (SSSR count). The van der Waals surface area contributed by atoms with Crippen LogP contribution in [0.25, 0.3) is 0 Å². The molecule has 0 atom stereocenters. The van der Waals surface area contributed by atoms with Crippen molar-refractivity contribution >= 4 is 21.8 Å². The van der Waals surface area contributed by atoms with E-state index in [1.54, 1.807) is 0 Å². The molecule has 0 radical (unpaired) electrons. The van der Waals surface area contributed by atoms with Crippen molar-refractivity contribution in [3.05, 3.63) is 34.3 Å². The molecule has 1 fully saturated rings. The summed E-state index contributed by atoms with van der Waals surface area (Å²) in [7, 11) is 0. The Balaban J connectivity index is 1.99. The van der Waals surface area contributed by atoms with E-state index in [1.807, 2.05) is 12.1 Å². The van der Waals surface area contributed by atoms with Crippen LogP contribution in [0, 0.1) is 0 Å². The zero-order valence-electron chi connectivity index (χ0n) is 8.37. The highest BCUT2D eigenvalue weighted by Gasteiger charge is 2.15. The molecule has 4 heteroatoms. The van der Waals surface area contributed by atoms with Crippen molar-refractivity contribution in [2.45, 2.75) is 6.54 Å². The van der Waals surface area contributed by atoms with Gasteiger partial charge in [0.25, 0.3) is 0 Å². The van der Waals surface area contributed by atoms with Gasteiger partial charge in [0.2, 0.25) is 5.91 Å². The number of hydrogen-bond acceptors (Lipinski definition) is 2. The first-order valence-electron chi connectivity index (χ1n) is 4.97. The van der Waals surface area contributed by atoms with Gasteiger partial charge in [0.05, 0.1) is 6.54 Å². The highest BCUT2D eigenvalue weighted by Crippen LogP contribution is 2.13. The summed E-state index contributed by atoms with van der Waals surface area (Å²) >= 11 is 3.44. The van der Waals surface area contributed by atoms with Crippen LogP contribution in [0.1, 0.15) is 5.56 Å². The fourth-order valence-corrected chi connectivity index (χ4v) is 2.17. The molecule has 1 aromatic rings. The fourth-order valence-electron chi connectivity index (χ4n) is 1.72. The molecule has 0 aromatic heterocycles. The van der Waals surface area contributed by atoms with Crippen molar-refractivity contribution in [1.82, 2.24) is 10.2 Å². The third-order valence-corrected chi connectivity index (χ3v) is 2.91. The minimum absolute atomic E-state index is 0.122. The van der Waals surface area contributed by atoms with E-state index in [1.165, 1.54) is 5.56 Å². The third-order valence-electron chi connectivity index (χ3n) is 2.41. The summed E-state index contributed by atoms with van der Waals surface area (Å²) < 4.78 is 1.08. The quantitative estimate of drug-likeness (QED) is 0.879. The van der Waals surface area contributed by atoms with Crippen molar-refractivity contribution < 1.29 is 4.79 Å². The molecule has 80 valence electrons. The van der Waals surface area contributed by atoms with Crippen molar-refractivity contribution in [2.24, 2.45) is 0 Å². The predicted molar refractivity (Wildman–Crippen MR) is 62.4 cm³/mol. The number of nitrogens with zero attached hydrogens (tertiary/aromatic N) is 1. The van der Waals surface area contributed by atoms with E-state index in [-0.39, 0.29) is 5.91 Å². The standard InChI is InChI=1S/C11H13BrN2O/c12-10-3-1-2-9(6-10)7-14-5-4-13-11(15)8-14/h1-3,6H,4-5,7-8H2,(H,13,15). The van der Waals surface area contributed by atoms with E-state index in [4.69, 9.17) is 0 Å². The molecular formula is C11H13BrN2O. The molecule has 0 saturated carbocycles. The third kappa shape index (κ3) is 3.04. The van der Waals surface area contributed by atoms with E-state index in [0.29, 0.717) is 6.54 Å². The van der Waals surface area contributed by atoms with Gasteiger partial charge in [0, 0.05) is 24.1 Å². The van der Waals surface area contributed by atoms with Crippen LogP contribution in [0.3, 0.4) is 0 Å². The van der Waals surface area contributed by atoms with Crippen LogP contribution in [-0.2, 0) is 11.3 Å². The summed E-state index contributed by atoms with van der Waals surface area (Å²) in [5.74, 6) is 0.122. The normalized spacial score (nSPS) is 17.5. The minimum Gasteiger partial charge on any atom is -0.354 e. The summed E-state index contributed by atoms with van der Waals surface area (Å²) in [6.07, 6.45) is 0. The Morgan fingerprint density at radius 2 is 2.33 bits per heavy atom. The van der Waals surface area contributed by atoms with E-state index in [2.05, 4.69) is 38.3 Å². The lowest BCUT2D eigenvalue weighted by molar-refractivity contribution is -0.124. The molecular weight excluding hydrogens is 256 g/mol. The van der Waals surface area contributed by atoms with Gasteiger partial charge in [-0.05, 0) is 17.7 Å². The molecule has 1 amide bonds. The van der Waals surface area contributed by atoms with Gasteiger partial charge >= 0.3 is 0 Å². The number of benzene rings is 1. The Morgan fingerprint density at radius 3 is 3.07 bits per heavy atom. The van der Waals surface area contributed by atoms with Crippen molar-refractivity contribution in [2.75, 3.05) is 19.6 Å². The summed E-state index contributed by atoms with van der Waals surface area (Å²) in [4.78, 5) is 13.3. The number of rotatable bonds is 2. The molecule has 0 spiro atoms. The van der Waals surface area contributed by atoms with Gasteiger partial charge in [-0.25, -0.2) is 0 Å². The summed E-state index contributed by atoms with van der Waals surface area (Å²) in [5.41, 5.74) is 1.24. The van der Waals surface area contributed by atoms with E-state index in [0.717, 1.165) is 24.1 Å². The van der Waals surface area contributed by atoms with Crippen LogP contribution in [0.5, 0.6) is 0 Å². The van der Waals surface area contributed by atoms with Gasteiger partial charge in [-0.15, -0.1) is 0 Å². The van der Waals surface area contributed by atoms with Crippen LogP contribution in [0.15, 0.2) is 28.7 Å². The molecule has 0 bridgehead atoms. The molecule has 15 heavy (non-hydrogen) atoms. The van der Waals surface area contributed by atoms with Crippen LogP contribution < -0.4 is 5.32 Å². The van der Waals surface area contributed by atoms with E-state index >= 15 is 0 Å². The van der Waals surface area contributed by atoms with Gasteiger partial charge in [-0.2, -0.15) is 0 Å². The van der Waals surface area contributed by atoms with Crippen molar-refractivity contribution in [3.8, 4) is 0 Å². The fraction of sp³-hybridized carbons (Fsp3) is 0.364. The van der Waals surface area contributed by atoms with Gasteiger partial charge < -0.3 is 5.32 Å². The van der Waals surface area contributed by atoms with Crippen LogP contribution >= 0.6 is 15.9 Å². The van der Waals surface area contributed by atoms with Gasteiger partial charge in [-0.1, -0.05) is 28.1 Å². The maximum absolute atomic E-state index is 11.2. The molecule has 1 heterocycles. The smallest absolute Gasteiger partial charge is 0.234 e. The topological polar surface area (TPSA) is 32.3 Å². The number of halogens is 1. The SMILES string of the molecule is O=C1CN(Cc2cccc(Br)c2)CCN1. The lowest BCUT2D eigenvalue weighted by Gasteiger charge is -2.26. The highest BCUT2D eigenvalue weighted by molar-refractivity contribution is 9.10. The summed E-state index contributed by atoms with van der Waals surface area (Å²) in [6.45, 7) is 3.03.